The van der Waals surface area contributed by atoms with Crippen LogP contribution in [0.1, 0.15) is 30.4 Å². The third kappa shape index (κ3) is 6.49. The fourth-order valence-electron chi connectivity index (χ4n) is 3.53. The lowest BCUT2D eigenvalue weighted by molar-refractivity contribution is -0.114. The molecule has 0 amide bonds. The van der Waals surface area contributed by atoms with Crippen LogP contribution in [0.4, 0.5) is 0 Å². The lowest BCUT2D eigenvalue weighted by Crippen LogP contribution is -2.35. The minimum Gasteiger partial charge on any atom is -0.303 e. The Hall–Kier alpha value is -1.61. The molecule has 1 aliphatic rings. The first-order valence-electron chi connectivity index (χ1n) is 9.52. The topological polar surface area (TPSA) is 20.3 Å². The molecule has 2 nitrogen and oxygen atoms in total. The summed E-state index contributed by atoms with van der Waals surface area (Å²) in [5.74, 6) is 0.888. The summed E-state index contributed by atoms with van der Waals surface area (Å²) < 4.78 is 0. The zero-order valence-electron chi connectivity index (χ0n) is 15.4. The third-order valence-electron chi connectivity index (χ3n) is 5.16. The number of hydrogen-bond acceptors (Lipinski definition) is 2. The number of nitrogens with zero attached hydrogens (tertiary/aromatic N) is 1. The summed E-state index contributed by atoms with van der Waals surface area (Å²) in [5, 5.41) is 1.16. The van der Waals surface area contributed by atoms with Crippen molar-refractivity contribution in [1.82, 2.24) is 4.90 Å². The SMILES string of the molecule is O=C(C=Cc1ccc(Cl)cc1Cl)CCN1CCC(Cc2ccccc2)CC1. The van der Waals surface area contributed by atoms with Crippen LogP contribution < -0.4 is 0 Å². The number of likely N-dealkylation sites (tertiary alicyclic amines) is 1. The molecule has 0 N–H and O–H groups in total. The van der Waals surface area contributed by atoms with Crippen molar-refractivity contribution in [3.63, 3.8) is 0 Å². The van der Waals surface area contributed by atoms with E-state index in [9.17, 15) is 4.79 Å². The van der Waals surface area contributed by atoms with Crippen LogP contribution in [0.2, 0.25) is 10.0 Å². The molecule has 2 aromatic rings. The fraction of sp³-hybridized carbons (Fsp3) is 0.348. The molecule has 0 unspecified atom stereocenters. The second-order valence-corrected chi connectivity index (χ2v) is 8.03. The Morgan fingerprint density at radius 2 is 1.81 bits per heavy atom. The van der Waals surface area contributed by atoms with E-state index in [1.165, 1.54) is 18.4 Å². The average Bonchev–Trinajstić information content (AvgIpc) is 2.67. The van der Waals surface area contributed by atoms with E-state index >= 15 is 0 Å². The number of halogens is 2. The smallest absolute Gasteiger partial charge is 0.156 e. The van der Waals surface area contributed by atoms with Crippen molar-refractivity contribution in [2.75, 3.05) is 19.6 Å². The van der Waals surface area contributed by atoms with E-state index in [0.29, 0.717) is 16.5 Å². The van der Waals surface area contributed by atoms with Gasteiger partial charge in [-0.15, -0.1) is 0 Å². The third-order valence-corrected chi connectivity index (χ3v) is 5.72. The van der Waals surface area contributed by atoms with E-state index in [0.717, 1.165) is 37.5 Å². The summed E-state index contributed by atoms with van der Waals surface area (Å²) in [7, 11) is 0. The molecule has 27 heavy (non-hydrogen) atoms. The van der Waals surface area contributed by atoms with E-state index in [1.807, 2.05) is 6.07 Å². The lowest BCUT2D eigenvalue weighted by atomic mass is 9.90. The number of carbonyl (C=O) groups is 1. The molecular formula is C23H25Cl2NO. The van der Waals surface area contributed by atoms with Gasteiger partial charge in [-0.25, -0.2) is 0 Å². The number of ketones is 1. The first kappa shape index (κ1) is 20.1. The first-order valence-corrected chi connectivity index (χ1v) is 10.3. The minimum absolute atomic E-state index is 0.132. The van der Waals surface area contributed by atoms with Gasteiger partial charge in [0.15, 0.2) is 5.78 Å². The maximum atomic E-state index is 12.2. The van der Waals surface area contributed by atoms with Crippen LogP contribution >= 0.6 is 23.2 Å². The molecule has 0 bridgehead atoms. The molecule has 0 atom stereocenters. The molecule has 0 radical (unpaired) electrons. The van der Waals surface area contributed by atoms with Crippen molar-refractivity contribution in [1.29, 1.82) is 0 Å². The molecule has 142 valence electrons. The zero-order chi connectivity index (χ0) is 19.1. The molecule has 0 aromatic heterocycles. The van der Waals surface area contributed by atoms with Crippen LogP contribution in [0.25, 0.3) is 6.08 Å². The van der Waals surface area contributed by atoms with E-state index < -0.39 is 0 Å². The Balaban J connectivity index is 1.39. The highest BCUT2D eigenvalue weighted by Gasteiger charge is 2.19. The zero-order valence-corrected chi connectivity index (χ0v) is 16.9. The summed E-state index contributed by atoms with van der Waals surface area (Å²) in [4.78, 5) is 14.6. The van der Waals surface area contributed by atoms with Gasteiger partial charge in [0.25, 0.3) is 0 Å². The van der Waals surface area contributed by atoms with Gasteiger partial charge >= 0.3 is 0 Å². The van der Waals surface area contributed by atoms with Crippen molar-refractivity contribution >= 4 is 35.1 Å². The van der Waals surface area contributed by atoms with Crippen molar-refractivity contribution in [3.05, 3.63) is 75.8 Å². The van der Waals surface area contributed by atoms with Crippen molar-refractivity contribution in [2.45, 2.75) is 25.7 Å². The van der Waals surface area contributed by atoms with Crippen LogP contribution in [-0.4, -0.2) is 30.3 Å². The number of carbonyl (C=O) groups excluding carboxylic acids is 1. The molecule has 3 rings (SSSR count). The number of piperidine rings is 1. The molecule has 1 saturated heterocycles. The molecule has 0 saturated carbocycles. The van der Waals surface area contributed by atoms with Gasteiger partial charge in [0, 0.05) is 23.0 Å². The lowest BCUT2D eigenvalue weighted by Gasteiger charge is -2.31. The Bertz CT molecular complexity index is 780. The molecule has 1 fully saturated rings. The Morgan fingerprint density at radius 3 is 2.52 bits per heavy atom. The standard InChI is InChI=1S/C23H25Cl2NO/c24-21-8-6-20(23(25)17-21)7-9-22(27)12-15-26-13-10-19(11-14-26)16-18-4-2-1-3-5-18/h1-9,17,19H,10-16H2. The van der Waals surface area contributed by atoms with Gasteiger partial charge in [0.1, 0.15) is 0 Å². The quantitative estimate of drug-likeness (QED) is 0.536. The van der Waals surface area contributed by atoms with E-state index in [1.54, 1.807) is 24.3 Å². The highest BCUT2D eigenvalue weighted by molar-refractivity contribution is 6.35. The maximum Gasteiger partial charge on any atom is 0.156 e. The summed E-state index contributed by atoms with van der Waals surface area (Å²) in [6.07, 6.45) is 7.52. The van der Waals surface area contributed by atoms with Crippen molar-refractivity contribution in [3.8, 4) is 0 Å². The Labute approximate surface area is 171 Å². The molecule has 1 heterocycles. The fourth-order valence-corrected chi connectivity index (χ4v) is 4.00. The molecule has 1 aliphatic heterocycles. The number of rotatable bonds is 7. The molecule has 2 aromatic carbocycles. The first-order chi connectivity index (χ1) is 13.1. The van der Waals surface area contributed by atoms with Crippen molar-refractivity contribution < 1.29 is 4.79 Å². The summed E-state index contributed by atoms with van der Waals surface area (Å²) in [6, 6.07) is 16.0. The van der Waals surface area contributed by atoms with Crippen LogP contribution in [-0.2, 0) is 11.2 Å². The van der Waals surface area contributed by atoms with Gasteiger partial charge in [-0.1, -0.05) is 59.6 Å². The largest absolute Gasteiger partial charge is 0.303 e. The van der Waals surface area contributed by atoms with Crippen LogP contribution in [0, 0.1) is 5.92 Å². The van der Waals surface area contributed by atoms with E-state index in [-0.39, 0.29) is 5.78 Å². The monoisotopic (exact) mass is 401 g/mol. The number of hydrogen-bond donors (Lipinski definition) is 0. The highest BCUT2D eigenvalue weighted by atomic mass is 35.5. The van der Waals surface area contributed by atoms with Gasteiger partial charge in [0.05, 0.1) is 0 Å². The van der Waals surface area contributed by atoms with Gasteiger partial charge < -0.3 is 4.90 Å². The molecular weight excluding hydrogens is 377 g/mol. The van der Waals surface area contributed by atoms with Crippen LogP contribution in [0.5, 0.6) is 0 Å². The highest BCUT2D eigenvalue weighted by Crippen LogP contribution is 2.23. The number of allylic oxidation sites excluding steroid dienone is 1. The summed E-state index contributed by atoms with van der Waals surface area (Å²) in [5.41, 5.74) is 2.24. The molecule has 0 spiro atoms. The normalized spacial score (nSPS) is 16.1. The van der Waals surface area contributed by atoms with E-state index in [4.69, 9.17) is 23.2 Å². The maximum absolute atomic E-state index is 12.2. The van der Waals surface area contributed by atoms with Crippen LogP contribution in [0.3, 0.4) is 0 Å². The Morgan fingerprint density at radius 1 is 1.07 bits per heavy atom. The predicted molar refractivity (Wildman–Crippen MR) is 114 cm³/mol. The van der Waals surface area contributed by atoms with Crippen LogP contribution in [0.15, 0.2) is 54.6 Å². The van der Waals surface area contributed by atoms with Crippen molar-refractivity contribution in [2.24, 2.45) is 5.92 Å². The summed E-state index contributed by atoms with van der Waals surface area (Å²) >= 11 is 12.0. The Kier molecular flexibility index (Phi) is 7.51. The second kappa shape index (κ2) is 10.1. The minimum atomic E-state index is 0.132. The van der Waals surface area contributed by atoms with Gasteiger partial charge in [-0.05, 0) is 73.7 Å². The molecule has 4 heteroatoms. The summed E-state index contributed by atoms with van der Waals surface area (Å²) in [6.45, 7) is 2.99. The molecule has 0 aliphatic carbocycles. The number of benzene rings is 2. The second-order valence-electron chi connectivity index (χ2n) is 7.19. The van der Waals surface area contributed by atoms with Gasteiger partial charge in [-0.3, -0.25) is 4.79 Å². The van der Waals surface area contributed by atoms with E-state index in [2.05, 4.69) is 35.2 Å². The average molecular weight is 402 g/mol. The van der Waals surface area contributed by atoms with Gasteiger partial charge in [0.2, 0.25) is 0 Å². The van der Waals surface area contributed by atoms with Gasteiger partial charge in [-0.2, -0.15) is 0 Å². The predicted octanol–water partition coefficient (Wildman–Crippen LogP) is 5.92.